The van der Waals surface area contributed by atoms with E-state index in [1.54, 1.807) is 0 Å². The second-order valence-corrected chi connectivity index (χ2v) is 5.89. The number of fused-ring (bicyclic) bond motifs is 2. The quantitative estimate of drug-likeness (QED) is 0.389. The highest BCUT2D eigenvalue weighted by molar-refractivity contribution is 7.71. The fourth-order valence-electron chi connectivity index (χ4n) is 2.67. The van der Waals surface area contributed by atoms with Gasteiger partial charge in [0.15, 0.2) is 4.77 Å². The molecule has 0 saturated carbocycles. The second-order valence-electron chi connectivity index (χ2n) is 5.48. The molecule has 1 heterocycles. The molecular weight excluding hydrogens is 320 g/mol. The zero-order chi connectivity index (χ0) is 16.5. The van der Waals surface area contributed by atoms with E-state index in [0.717, 1.165) is 27.5 Å². The Morgan fingerprint density at radius 1 is 0.792 bits per heavy atom. The van der Waals surface area contributed by atoms with Crippen LogP contribution >= 0.6 is 12.2 Å². The van der Waals surface area contributed by atoms with Crippen molar-refractivity contribution < 1.29 is 4.79 Å². The summed E-state index contributed by atoms with van der Waals surface area (Å²) in [6.07, 6.45) is 0. The van der Waals surface area contributed by atoms with Gasteiger partial charge in [0, 0.05) is 11.4 Å². The van der Waals surface area contributed by atoms with Gasteiger partial charge in [-0.2, -0.15) is 0 Å². The Balaban J connectivity index is 1.52. The number of H-pyrrole nitrogens is 2. The molecule has 1 aromatic heterocycles. The minimum absolute atomic E-state index is 0.293. The maximum Gasteiger partial charge on any atom is 0.323 e. The number of anilines is 2. The highest BCUT2D eigenvalue weighted by Crippen LogP contribution is 2.20. The van der Waals surface area contributed by atoms with E-state index in [9.17, 15) is 4.79 Å². The maximum absolute atomic E-state index is 12.2. The lowest BCUT2D eigenvalue weighted by atomic mass is 10.1. The van der Waals surface area contributed by atoms with Gasteiger partial charge in [0.1, 0.15) is 0 Å². The summed E-state index contributed by atoms with van der Waals surface area (Å²) in [5.74, 6) is 0. The lowest BCUT2D eigenvalue weighted by Crippen LogP contribution is -2.19. The summed E-state index contributed by atoms with van der Waals surface area (Å²) in [7, 11) is 0. The van der Waals surface area contributed by atoms with Crippen LogP contribution in [0, 0.1) is 4.77 Å². The average molecular weight is 334 g/mol. The Bertz CT molecular complexity index is 1110. The van der Waals surface area contributed by atoms with Crippen LogP contribution < -0.4 is 10.6 Å². The molecule has 24 heavy (non-hydrogen) atoms. The highest BCUT2D eigenvalue weighted by Gasteiger charge is 2.05. The number of hydrogen-bond donors (Lipinski definition) is 4. The zero-order valence-electron chi connectivity index (χ0n) is 12.6. The number of benzene rings is 3. The number of aromatic nitrogens is 2. The monoisotopic (exact) mass is 334 g/mol. The van der Waals surface area contributed by atoms with Crippen molar-refractivity contribution >= 4 is 51.4 Å². The molecule has 0 spiro atoms. The van der Waals surface area contributed by atoms with Gasteiger partial charge in [0.05, 0.1) is 11.0 Å². The highest BCUT2D eigenvalue weighted by atomic mass is 32.1. The van der Waals surface area contributed by atoms with Gasteiger partial charge in [0.25, 0.3) is 0 Å². The number of imidazole rings is 1. The minimum atomic E-state index is -0.293. The number of urea groups is 1. The topological polar surface area (TPSA) is 72.7 Å². The number of rotatable bonds is 2. The Kier molecular flexibility index (Phi) is 3.51. The molecule has 0 radical (unpaired) electrons. The van der Waals surface area contributed by atoms with Crippen LogP contribution in [0.3, 0.4) is 0 Å². The van der Waals surface area contributed by atoms with E-state index < -0.39 is 0 Å². The van der Waals surface area contributed by atoms with Crippen LogP contribution in [0.25, 0.3) is 21.8 Å². The summed E-state index contributed by atoms with van der Waals surface area (Å²) in [6.45, 7) is 0. The molecule has 4 N–H and O–H groups in total. The Labute approximate surface area is 142 Å². The molecule has 0 aliphatic carbocycles. The first kappa shape index (κ1) is 14.5. The van der Waals surface area contributed by atoms with Crippen molar-refractivity contribution in [2.45, 2.75) is 0 Å². The van der Waals surface area contributed by atoms with Crippen LogP contribution in [0.5, 0.6) is 0 Å². The van der Waals surface area contributed by atoms with Gasteiger partial charge < -0.3 is 20.6 Å². The summed E-state index contributed by atoms with van der Waals surface area (Å²) in [6, 6.07) is 19.1. The molecule has 4 aromatic rings. The first-order valence-electron chi connectivity index (χ1n) is 7.46. The summed E-state index contributed by atoms with van der Waals surface area (Å²) >= 11 is 5.06. The summed E-state index contributed by atoms with van der Waals surface area (Å²) in [4.78, 5) is 18.3. The number of carbonyl (C=O) groups is 1. The number of carbonyl (C=O) groups excluding carboxylic acids is 1. The molecule has 5 nitrogen and oxygen atoms in total. The van der Waals surface area contributed by atoms with Gasteiger partial charge in [-0.3, -0.25) is 0 Å². The summed E-state index contributed by atoms with van der Waals surface area (Å²) in [5.41, 5.74) is 3.18. The molecule has 0 aliphatic heterocycles. The van der Waals surface area contributed by atoms with Gasteiger partial charge in [-0.05, 0) is 53.3 Å². The van der Waals surface area contributed by atoms with Crippen molar-refractivity contribution in [1.82, 2.24) is 9.97 Å². The molecule has 2 amide bonds. The number of hydrogen-bond acceptors (Lipinski definition) is 2. The normalized spacial score (nSPS) is 10.8. The first-order valence-corrected chi connectivity index (χ1v) is 7.87. The molecule has 6 heteroatoms. The van der Waals surface area contributed by atoms with Gasteiger partial charge in [-0.1, -0.05) is 30.3 Å². The largest absolute Gasteiger partial charge is 0.331 e. The molecule has 0 bridgehead atoms. The van der Waals surface area contributed by atoms with Gasteiger partial charge in [-0.25, -0.2) is 4.79 Å². The Hall–Kier alpha value is -3.12. The van der Waals surface area contributed by atoms with Crippen molar-refractivity contribution in [2.24, 2.45) is 0 Å². The lowest BCUT2D eigenvalue weighted by molar-refractivity contribution is 0.262. The Morgan fingerprint density at radius 2 is 1.46 bits per heavy atom. The average Bonchev–Trinajstić information content (AvgIpc) is 2.94. The number of aromatic amines is 2. The molecule has 0 aliphatic rings. The number of nitrogens with one attached hydrogen (secondary N) is 4. The smallest absolute Gasteiger partial charge is 0.323 e. The van der Waals surface area contributed by atoms with Crippen LogP contribution in [0.4, 0.5) is 16.2 Å². The van der Waals surface area contributed by atoms with E-state index in [-0.39, 0.29) is 6.03 Å². The third-order valence-electron chi connectivity index (χ3n) is 3.78. The van der Waals surface area contributed by atoms with Crippen molar-refractivity contribution in [3.05, 3.63) is 65.4 Å². The van der Waals surface area contributed by atoms with Crippen LogP contribution in [0.15, 0.2) is 60.7 Å². The number of amides is 2. The van der Waals surface area contributed by atoms with Crippen molar-refractivity contribution in [3.63, 3.8) is 0 Å². The fraction of sp³-hybridized carbons (Fsp3) is 0. The molecule has 4 rings (SSSR count). The molecule has 3 aromatic carbocycles. The van der Waals surface area contributed by atoms with Crippen molar-refractivity contribution in [2.75, 3.05) is 10.6 Å². The predicted molar refractivity (Wildman–Crippen MR) is 100 cm³/mol. The molecule has 118 valence electrons. The minimum Gasteiger partial charge on any atom is -0.331 e. The molecule has 0 fully saturated rings. The van der Waals surface area contributed by atoms with E-state index in [4.69, 9.17) is 12.2 Å². The van der Waals surface area contributed by atoms with Gasteiger partial charge in [-0.15, -0.1) is 0 Å². The molecule has 0 saturated heterocycles. The van der Waals surface area contributed by atoms with E-state index in [1.807, 2.05) is 60.7 Å². The third kappa shape index (κ3) is 2.87. The Morgan fingerprint density at radius 3 is 2.29 bits per heavy atom. The molecular formula is C18H14N4OS. The first-order chi connectivity index (χ1) is 11.7. The van der Waals surface area contributed by atoms with Crippen LogP contribution in [0.1, 0.15) is 0 Å². The predicted octanol–water partition coefficient (Wildman–Crippen LogP) is 5.02. The second kappa shape index (κ2) is 5.82. The summed E-state index contributed by atoms with van der Waals surface area (Å²) < 4.78 is 0.558. The van der Waals surface area contributed by atoms with Crippen LogP contribution in [-0.4, -0.2) is 16.0 Å². The zero-order valence-corrected chi connectivity index (χ0v) is 13.4. The van der Waals surface area contributed by atoms with Crippen LogP contribution in [0.2, 0.25) is 0 Å². The van der Waals surface area contributed by atoms with E-state index in [0.29, 0.717) is 10.5 Å². The SMILES string of the molecule is O=C(Nc1ccc2ccccc2c1)Nc1ccc2[nH]c(=S)[nH]c2c1. The van der Waals surface area contributed by atoms with E-state index in [1.165, 1.54) is 0 Å². The van der Waals surface area contributed by atoms with Gasteiger partial charge >= 0.3 is 6.03 Å². The van der Waals surface area contributed by atoms with Crippen molar-refractivity contribution in [1.29, 1.82) is 0 Å². The van der Waals surface area contributed by atoms with E-state index >= 15 is 0 Å². The fourth-order valence-corrected chi connectivity index (χ4v) is 2.89. The van der Waals surface area contributed by atoms with E-state index in [2.05, 4.69) is 20.6 Å². The molecule has 0 unspecified atom stereocenters. The summed E-state index contributed by atoms with van der Waals surface area (Å²) in [5, 5.41) is 7.89. The van der Waals surface area contributed by atoms with Crippen molar-refractivity contribution in [3.8, 4) is 0 Å². The van der Waals surface area contributed by atoms with Crippen LogP contribution in [-0.2, 0) is 0 Å². The maximum atomic E-state index is 12.2. The third-order valence-corrected chi connectivity index (χ3v) is 3.99. The molecule has 0 atom stereocenters. The lowest BCUT2D eigenvalue weighted by Gasteiger charge is -2.08. The van der Waals surface area contributed by atoms with Gasteiger partial charge in [0.2, 0.25) is 0 Å². The standard InChI is InChI=1S/C18H14N4OS/c23-17(19-13-6-5-11-3-1-2-4-12(11)9-13)20-14-7-8-15-16(10-14)22-18(24)21-15/h1-10H,(H2,19,20,23)(H2,21,22,24).